The summed E-state index contributed by atoms with van der Waals surface area (Å²) >= 11 is 1.37. The molecule has 24 heavy (non-hydrogen) atoms. The molecule has 1 atom stereocenters. The minimum Gasteiger partial charge on any atom is -0.507 e. The molecular formula is C18H19N3O2S. The fraction of sp³-hybridized carbons (Fsp3) is 0.278. The number of hydrogen-bond donors (Lipinski definition) is 2. The van der Waals surface area contributed by atoms with Crippen molar-refractivity contribution in [3.8, 4) is 5.75 Å². The van der Waals surface area contributed by atoms with Gasteiger partial charge in [0, 0.05) is 11.8 Å². The predicted molar refractivity (Wildman–Crippen MR) is 99.7 cm³/mol. The van der Waals surface area contributed by atoms with Gasteiger partial charge in [-0.15, -0.1) is 5.10 Å². The molecule has 1 aliphatic heterocycles. The Morgan fingerprint density at radius 1 is 1.33 bits per heavy atom. The van der Waals surface area contributed by atoms with E-state index in [-0.39, 0.29) is 16.9 Å². The number of aromatic hydroxyl groups is 1. The summed E-state index contributed by atoms with van der Waals surface area (Å²) in [6.45, 7) is 2.10. The Morgan fingerprint density at radius 3 is 3.00 bits per heavy atom. The van der Waals surface area contributed by atoms with Crippen molar-refractivity contribution in [3.63, 3.8) is 0 Å². The summed E-state index contributed by atoms with van der Waals surface area (Å²) in [6, 6.07) is 11.3. The SMILES string of the molecule is CCCC[C@@H]1SC(/N=C/c2c(O)ccc3ccccc23)=NNC1=O. The maximum Gasteiger partial charge on any atom is 0.253 e. The first kappa shape index (κ1) is 16.5. The van der Waals surface area contributed by atoms with Crippen LogP contribution in [0, 0.1) is 0 Å². The fourth-order valence-electron chi connectivity index (χ4n) is 2.56. The van der Waals surface area contributed by atoms with Crippen LogP contribution < -0.4 is 5.43 Å². The summed E-state index contributed by atoms with van der Waals surface area (Å²) in [5.74, 6) is 0.103. The maximum atomic E-state index is 11.8. The number of nitrogens with one attached hydrogen (secondary N) is 1. The van der Waals surface area contributed by atoms with Crippen LogP contribution in [-0.4, -0.2) is 27.6 Å². The second-order valence-corrected chi connectivity index (χ2v) is 6.77. The van der Waals surface area contributed by atoms with Crippen LogP contribution in [0.25, 0.3) is 10.8 Å². The average Bonchev–Trinajstić information content (AvgIpc) is 2.61. The molecule has 1 heterocycles. The molecule has 124 valence electrons. The van der Waals surface area contributed by atoms with Gasteiger partial charge >= 0.3 is 0 Å². The average molecular weight is 341 g/mol. The van der Waals surface area contributed by atoms with Crippen molar-refractivity contribution >= 4 is 39.8 Å². The number of carbonyl (C=O) groups excluding carboxylic acids is 1. The van der Waals surface area contributed by atoms with Gasteiger partial charge in [0.1, 0.15) is 5.75 Å². The van der Waals surface area contributed by atoms with E-state index < -0.39 is 0 Å². The molecule has 6 heteroatoms. The molecule has 0 saturated carbocycles. The Kier molecular flexibility index (Phi) is 5.15. The number of aliphatic imine (C=N–C) groups is 1. The molecule has 0 spiro atoms. The van der Waals surface area contributed by atoms with Crippen LogP contribution in [0.3, 0.4) is 0 Å². The molecule has 3 rings (SSSR count). The van der Waals surface area contributed by atoms with Crippen molar-refractivity contribution in [3.05, 3.63) is 42.0 Å². The second-order valence-electron chi connectivity index (χ2n) is 5.60. The highest BCUT2D eigenvalue weighted by atomic mass is 32.2. The van der Waals surface area contributed by atoms with E-state index in [1.165, 1.54) is 11.8 Å². The number of phenols is 1. The van der Waals surface area contributed by atoms with Gasteiger partial charge in [-0.25, -0.2) is 10.4 Å². The van der Waals surface area contributed by atoms with E-state index in [1.54, 1.807) is 12.3 Å². The maximum absolute atomic E-state index is 11.8. The minimum absolute atomic E-state index is 0.0691. The minimum atomic E-state index is -0.157. The second kappa shape index (κ2) is 7.49. The van der Waals surface area contributed by atoms with Gasteiger partial charge in [0.05, 0.1) is 5.25 Å². The highest BCUT2D eigenvalue weighted by molar-refractivity contribution is 8.15. The highest BCUT2D eigenvalue weighted by Gasteiger charge is 2.24. The molecule has 1 aliphatic rings. The van der Waals surface area contributed by atoms with Crippen LogP contribution >= 0.6 is 11.8 Å². The largest absolute Gasteiger partial charge is 0.507 e. The first-order valence-electron chi connectivity index (χ1n) is 7.98. The Bertz CT molecular complexity index is 817. The van der Waals surface area contributed by atoms with Crippen molar-refractivity contribution < 1.29 is 9.90 Å². The normalized spacial score (nSPS) is 18.0. The van der Waals surface area contributed by atoms with Gasteiger partial charge in [-0.3, -0.25) is 4.79 Å². The number of rotatable bonds is 4. The predicted octanol–water partition coefficient (Wildman–Crippen LogP) is 3.66. The Labute approximate surface area is 144 Å². The van der Waals surface area contributed by atoms with E-state index in [2.05, 4.69) is 22.4 Å². The first-order chi connectivity index (χ1) is 11.7. The summed E-state index contributed by atoms with van der Waals surface area (Å²) in [5.41, 5.74) is 3.18. The third-order valence-electron chi connectivity index (χ3n) is 3.87. The summed E-state index contributed by atoms with van der Waals surface area (Å²) in [7, 11) is 0. The van der Waals surface area contributed by atoms with Crippen LogP contribution in [0.1, 0.15) is 31.7 Å². The van der Waals surface area contributed by atoms with E-state index in [4.69, 9.17) is 0 Å². The van der Waals surface area contributed by atoms with E-state index in [9.17, 15) is 9.90 Å². The Morgan fingerprint density at radius 2 is 2.17 bits per heavy atom. The molecule has 1 amide bonds. The quantitative estimate of drug-likeness (QED) is 0.834. The first-order valence-corrected chi connectivity index (χ1v) is 8.86. The molecular weight excluding hydrogens is 322 g/mol. The van der Waals surface area contributed by atoms with E-state index in [0.29, 0.717) is 10.7 Å². The molecule has 2 aromatic carbocycles. The summed E-state index contributed by atoms with van der Waals surface area (Å²) in [6.07, 6.45) is 4.45. The van der Waals surface area contributed by atoms with Crippen molar-refractivity contribution in [2.45, 2.75) is 31.4 Å². The van der Waals surface area contributed by atoms with Crippen LogP contribution in [0.2, 0.25) is 0 Å². The lowest BCUT2D eigenvalue weighted by Gasteiger charge is -2.18. The summed E-state index contributed by atoms with van der Waals surface area (Å²) < 4.78 is 0. The highest BCUT2D eigenvalue weighted by Crippen LogP contribution is 2.27. The lowest BCUT2D eigenvalue weighted by atomic mass is 10.0. The zero-order valence-electron chi connectivity index (χ0n) is 13.4. The number of amides is 1. The number of amidine groups is 1. The van der Waals surface area contributed by atoms with Gasteiger partial charge in [0.15, 0.2) is 0 Å². The van der Waals surface area contributed by atoms with Crippen molar-refractivity contribution in [2.24, 2.45) is 10.1 Å². The van der Waals surface area contributed by atoms with Gasteiger partial charge in [-0.05, 0) is 23.3 Å². The van der Waals surface area contributed by atoms with Gasteiger partial charge in [-0.2, -0.15) is 0 Å². The topological polar surface area (TPSA) is 74.1 Å². The molecule has 2 N–H and O–H groups in total. The van der Waals surface area contributed by atoms with Gasteiger partial charge in [-0.1, -0.05) is 61.9 Å². The van der Waals surface area contributed by atoms with Gasteiger partial charge < -0.3 is 5.11 Å². The monoisotopic (exact) mass is 341 g/mol. The standard InChI is InChI=1S/C18H19N3O2S/c1-2-3-8-16-17(23)20-21-18(24-16)19-11-14-13-7-5-4-6-12(13)9-10-15(14)22/h4-7,9-11,16,22H,2-3,8H2,1H3,(H,20,23)/b19-11+/t16-/m0/s1. The van der Waals surface area contributed by atoms with Gasteiger partial charge in [0.25, 0.3) is 5.91 Å². The number of unbranched alkanes of at least 4 members (excludes halogenated alkanes) is 1. The summed E-state index contributed by atoms with van der Waals surface area (Å²) in [5, 5.41) is 16.4. The lowest BCUT2D eigenvalue weighted by molar-refractivity contribution is -0.120. The van der Waals surface area contributed by atoms with E-state index in [0.717, 1.165) is 30.0 Å². The summed E-state index contributed by atoms with van der Waals surface area (Å²) in [4.78, 5) is 16.2. The smallest absolute Gasteiger partial charge is 0.253 e. The van der Waals surface area contributed by atoms with Crippen molar-refractivity contribution in [1.82, 2.24) is 5.43 Å². The van der Waals surface area contributed by atoms with E-state index >= 15 is 0 Å². The Balaban J connectivity index is 1.84. The number of fused-ring (bicyclic) bond motifs is 1. The van der Waals surface area contributed by atoms with Crippen molar-refractivity contribution in [2.75, 3.05) is 0 Å². The lowest BCUT2D eigenvalue weighted by Crippen LogP contribution is -2.34. The number of nitrogens with zero attached hydrogens (tertiary/aromatic N) is 2. The molecule has 0 aliphatic carbocycles. The molecule has 0 radical (unpaired) electrons. The van der Waals surface area contributed by atoms with Crippen LogP contribution in [0.15, 0.2) is 46.5 Å². The van der Waals surface area contributed by atoms with Crippen LogP contribution in [0.4, 0.5) is 0 Å². The zero-order valence-corrected chi connectivity index (χ0v) is 14.2. The molecule has 2 aromatic rings. The third-order valence-corrected chi connectivity index (χ3v) is 5.02. The number of carbonyl (C=O) groups is 1. The number of benzene rings is 2. The molecule has 0 unspecified atom stereocenters. The molecule has 0 fully saturated rings. The van der Waals surface area contributed by atoms with Crippen LogP contribution in [-0.2, 0) is 4.79 Å². The molecule has 0 aromatic heterocycles. The number of hydrazone groups is 1. The van der Waals surface area contributed by atoms with Crippen molar-refractivity contribution in [1.29, 1.82) is 0 Å². The zero-order chi connectivity index (χ0) is 16.9. The fourth-order valence-corrected chi connectivity index (χ4v) is 3.47. The van der Waals surface area contributed by atoms with Gasteiger partial charge in [0.2, 0.25) is 5.17 Å². The number of thioether (sulfide) groups is 1. The number of phenolic OH excluding ortho intramolecular Hbond substituents is 1. The Hall–Kier alpha value is -2.34. The van der Waals surface area contributed by atoms with E-state index in [1.807, 2.05) is 30.3 Å². The molecule has 5 nitrogen and oxygen atoms in total. The molecule has 0 saturated heterocycles. The third kappa shape index (κ3) is 3.59. The van der Waals surface area contributed by atoms with Crippen LogP contribution in [0.5, 0.6) is 5.75 Å². The number of hydrogen-bond acceptors (Lipinski definition) is 5. The molecule has 0 bridgehead atoms.